The molecule has 2 fully saturated rings. The van der Waals surface area contributed by atoms with E-state index in [1.165, 1.54) is 19.3 Å². The van der Waals surface area contributed by atoms with Crippen LogP contribution in [0.3, 0.4) is 0 Å². The first kappa shape index (κ1) is 14.8. The molecule has 0 aromatic rings. The van der Waals surface area contributed by atoms with Crippen molar-refractivity contribution in [2.45, 2.75) is 71.9 Å². The number of carbonyl (C=O) groups is 1. The second kappa shape index (κ2) is 5.82. The molecule has 110 valence electrons. The lowest BCUT2D eigenvalue weighted by molar-refractivity contribution is -0.128. The van der Waals surface area contributed by atoms with Gasteiger partial charge in [-0.25, -0.2) is 0 Å². The van der Waals surface area contributed by atoms with Crippen LogP contribution in [0.5, 0.6) is 0 Å². The first-order chi connectivity index (χ1) is 8.90. The average molecular weight is 266 g/mol. The summed E-state index contributed by atoms with van der Waals surface area (Å²) in [6.07, 6.45) is 5.94. The van der Waals surface area contributed by atoms with Gasteiger partial charge in [0, 0.05) is 6.04 Å². The summed E-state index contributed by atoms with van der Waals surface area (Å²) in [5.74, 6) is 1.64. The molecule has 2 aliphatic rings. The van der Waals surface area contributed by atoms with Crippen LogP contribution in [-0.4, -0.2) is 24.5 Å². The Hall–Kier alpha value is -0.570. The number of piperidine rings is 1. The molecule has 0 aromatic carbocycles. The largest absolute Gasteiger partial charge is 0.352 e. The number of rotatable bonds is 2. The Labute approximate surface area is 117 Å². The van der Waals surface area contributed by atoms with Crippen molar-refractivity contribution in [1.82, 2.24) is 10.6 Å². The average Bonchev–Trinajstić information content (AvgIpc) is 2.32. The van der Waals surface area contributed by atoms with Gasteiger partial charge < -0.3 is 10.6 Å². The van der Waals surface area contributed by atoms with E-state index in [1.807, 2.05) is 0 Å². The van der Waals surface area contributed by atoms with Crippen LogP contribution in [0.1, 0.15) is 59.8 Å². The van der Waals surface area contributed by atoms with Crippen molar-refractivity contribution in [3.8, 4) is 0 Å². The van der Waals surface area contributed by atoms with Crippen LogP contribution in [0.15, 0.2) is 0 Å². The van der Waals surface area contributed by atoms with Gasteiger partial charge in [-0.15, -0.1) is 0 Å². The first-order valence-corrected chi connectivity index (χ1v) is 7.94. The minimum Gasteiger partial charge on any atom is -0.352 e. The lowest BCUT2D eigenvalue weighted by Gasteiger charge is -2.40. The highest BCUT2D eigenvalue weighted by molar-refractivity contribution is 5.83. The molecular weight excluding hydrogens is 236 g/mol. The Morgan fingerprint density at radius 3 is 2.63 bits per heavy atom. The third kappa shape index (κ3) is 3.50. The summed E-state index contributed by atoms with van der Waals surface area (Å²) in [5.41, 5.74) is 0.0769. The lowest BCUT2D eigenvalue weighted by atomic mass is 9.76. The summed E-state index contributed by atoms with van der Waals surface area (Å²) in [6, 6.07) is 0.357. The van der Waals surface area contributed by atoms with Crippen molar-refractivity contribution in [2.24, 2.45) is 17.3 Å². The van der Waals surface area contributed by atoms with Gasteiger partial charge in [-0.05, 0) is 55.9 Å². The summed E-state index contributed by atoms with van der Waals surface area (Å²) in [5, 5.41) is 6.72. The summed E-state index contributed by atoms with van der Waals surface area (Å²) in [7, 11) is 0. The molecule has 3 nitrogen and oxygen atoms in total. The summed E-state index contributed by atoms with van der Waals surface area (Å²) in [6.45, 7) is 9.98. The molecule has 0 aromatic heterocycles. The Morgan fingerprint density at radius 1 is 1.26 bits per heavy atom. The Balaban J connectivity index is 1.93. The summed E-state index contributed by atoms with van der Waals surface area (Å²) in [4.78, 5) is 12.5. The number of carbonyl (C=O) groups excluding carboxylic acids is 1. The highest BCUT2D eigenvalue weighted by atomic mass is 16.2. The molecule has 1 amide bonds. The third-order valence-electron chi connectivity index (χ3n) is 5.15. The van der Waals surface area contributed by atoms with E-state index >= 15 is 0 Å². The maximum Gasteiger partial charge on any atom is 0.237 e. The highest BCUT2D eigenvalue weighted by Gasteiger charge is 2.38. The number of amides is 1. The molecule has 1 heterocycles. The van der Waals surface area contributed by atoms with Gasteiger partial charge in [0.25, 0.3) is 0 Å². The fourth-order valence-electron chi connectivity index (χ4n) is 3.80. The Morgan fingerprint density at radius 2 is 2.00 bits per heavy atom. The van der Waals surface area contributed by atoms with Gasteiger partial charge >= 0.3 is 0 Å². The molecule has 0 radical (unpaired) electrons. The van der Waals surface area contributed by atoms with E-state index in [1.54, 1.807) is 0 Å². The van der Waals surface area contributed by atoms with Crippen LogP contribution in [0.2, 0.25) is 0 Å². The zero-order valence-electron chi connectivity index (χ0n) is 13.0. The molecule has 1 aliphatic heterocycles. The van der Waals surface area contributed by atoms with E-state index in [4.69, 9.17) is 0 Å². The van der Waals surface area contributed by atoms with Crippen LogP contribution < -0.4 is 10.6 Å². The van der Waals surface area contributed by atoms with Crippen LogP contribution in [-0.2, 0) is 4.79 Å². The second-order valence-corrected chi connectivity index (χ2v) is 7.49. The van der Waals surface area contributed by atoms with E-state index in [0.717, 1.165) is 25.3 Å². The van der Waals surface area contributed by atoms with Gasteiger partial charge in [0.05, 0.1) is 6.04 Å². The number of nitrogens with one attached hydrogen (secondary N) is 2. The van der Waals surface area contributed by atoms with Crippen LogP contribution in [0.25, 0.3) is 0 Å². The van der Waals surface area contributed by atoms with Gasteiger partial charge in [0.1, 0.15) is 0 Å². The molecule has 4 atom stereocenters. The van der Waals surface area contributed by atoms with E-state index < -0.39 is 0 Å². The maximum atomic E-state index is 12.5. The summed E-state index contributed by atoms with van der Waals surface area (Å²) < 4.78 is 0. The predicted octanol–water partition coefficient (Wildman–Crippen LogP) is 2.71. The molecule has 2 N–H and O–H groups in total. The lowest BCUT2D eigenvalue weighted by Crippen LogP contribution is -2.58. The zero-order chi connectivity index (χ0) is 14.0. The monoisotopic (exact) mass is 266 g/mol. The van der Waals surface area contributed by atoms with Crippen molar-refractivity contribution in [3.05, 3.63) is 0 Å². The third-order valence-corrected chi connectivity index (χ3v) is 5.15. The van der Waals surface area contributed by atoms with E-state index in [-0.39, 0.29) is 17.4 Å². The molecule has 19 heavy (non-hydrogen) atoms. The smallest absolute Gasteiger partial charge is 0.237 e. The molecule has 1 saturated carbocycles. The zero-order valence-corrected chi connectivity index (χ0v) is 13.0. The Bertz CT molecular complexity index is 327. The number of hydrogen-bond donors (Lipinski definition) is 2. The van der Waals surface area contributed by atoms with Crippen molar-refractivity contribution < 1.29 is 4.79 Å². The topological polar surface area (TPSA) is 41.1 Å². The van der Waals surface area contributed by atoms with Gasteiger partial charge in [-0.1, -0.05) is 27.7 Å². The van der Waals surface area contributed by atoms with Crippen molar-refractivity contribution in [1.29, 1.82) is 0 Å². The summed E-state index contributed by atoms with van der Waals surface area (Å²) >= 11 is 0. The van der Waals surface area contributed by atoms with Crippen molar-refractivity contribution in [3.63, 3.8) is 0 Å². The predicted molar refractivity (Wildman–Crippen MR) is 78.9 cm³/mol. The second-order valence-electron chi connectivity index (χ2n) is 7.49. The molecule has 1 aliphatic carbocycles. The SMILES string of the molecule is CC1CCC(NC(=O)C2NCCCC2(C)C)C(C)C1. The molecule has 0 spiro atoms. The fourth-order valence-corrected chi connectivity index (χ4v) is 3.80. The normalized spacial score (nSPS) is 38.7. The fraction of sp³-hybridized carbons (Fsp3) is 0.938. The minimum atomic E-state index is -0.0206. The van der Waals surface area contributed by atoms with Crippen molar-refractivity contribution in [2.75, 3.05) is 6.54 Å². The van der Waals surface area contributed by atoms with E-state index in [9.17, 15) is 4.79 Å². The van der Waals surface area contributed by atoms with Gasteiger partial charge in [0.15, 0.2) is 0 Å². The minimum absolute atomic E-state index is 0.0206. The van der Waals surface area contributed by atoms with E-state index in [0.29, 0.717) is 12.0 Å². The quantitative estimate of drug-likeness (QED) is 0.807. The van der Waals surface area contributed by atoms with E-state index in [2.05, 4.69) is 38.3 Å². The van der Waals surface area contributed by atoms with Gasteiger partial charge in [-0.2, -0.15) is 0 Å². The van der Waals surface area contributed by atoms with Gasteiger partial charge in [0.2, 0.25) is 5.91 Å². The maximum absolute atomic E-state index is 12.5. The standard InChI is InChI=1S/C16H30N2O/c1-11-6-7-13(12(2)10-11)18-15(19)14-16(3,4)8-5-9-17-14/h11-14,17H,5-10H2,1-4H3,(H,18,19). The molecular formula is C16H30N2O. The van der Waals surface area contributed by atoms with Crippen molar-refractivity contribution >= 4 is 5.91 Å². The van der Waals surface area contributed by atoms with Gasteiger partial charge in [-0.3, -0.25) is 4.79 Å². The molecule has 4 unspecified atom stereocenters. The number of hydrogen-bond acceptors (Lipinski definition) is 2. The van der Waals surface area contributed by atoms with Crippen LogP contribution in [0.4, 0.5) is 0 Å². The van der Waals surface area contributed by atoms with Crippen LogP contribution >= 0.6 is 0 Å². The Kier molecular flexibility index (Phi) is 4.54. The first-order valence-electron chi connectivity index (χ1n) is 7.94. The molecule has 3 heteroatoms. The molecule has 1 saturated heterocycles. The highest BCUT2D eigenvalue weighted by Crippen LogP contribution is 2.32. The molecule has 0 bridgehead atoms. The molecule has 2 rings (SSSR count). The van der Waals surface area contributed by atoms with Crippen LogP contribution in [0, 0.1) is 17.3 Å².